The molecule has 0 saturated heterocycles. The van der Waals surface area contributed by atoms with Gasteiger partial charge in [0.25, 0.3) is 0 Å². The average molecular weight is 574 g/mol. The molecule has 0 saturated carbocycles. The summed E-state index contributed by atoms with van der Waals surface area (Å²) in [5.74, 6) is -1.20. The first-order valence-corrected chi connectivity index (χ1v) is 12.6. The largest absolute Gasteiger partial charge is 0.479 e. The minimum atomic E-state index is -1.41. The van der Waals surface area contributed by atoms with Crippen LogP contribution in [-0.4, -0.2) is 45.7 Å². The van der Waals surface area contributed by atoms with Crippen LogP contribution in [-0.2, 0) is 20.9 Å². The van der Waals surface area contributed by atoms with Gasteiger partial charge < -0.3 is 19.3 Å². The number of rotatable bonds is 9. The average Bonchev–Trinajstić information content (AvgIpc) is 3.09. The summed E-state index contributed by atoms with van der Waals surface area (Å²) in [4.78, 5) is 25.9. The third kappa shape index (κ3) is 6.46. The Bertz CT molecular complexity index is 1260. The molecule has 1 heterocycles. The van der Waals surface area contributed by atoms with E-state index in [0.717, 1.165) is 21.3 Å². The van der Waals surface area contributed by atoms with Crippen molar-refractivity contribution in [3.63, 3.8) is 0 Å². The van der Waals surface area contributed by atoms with E-state index in [0.29, 0.717) is 29.1 Å². The molecule has 0 aliphatic rings. The predicted octanol–water partition coefficient (Wildman–Crippen LogP) is 6.38. The molecule has 1 N–H and O–H groups in total. The lowest BCUT2D eigenvalue weighted by Crippen LogP contribution is -2.40. The van der Waals surface area contributed by atoms with Gasteiger partial charge in [-0.25, -0.2) is 4.79 Å². The van der Waals surface area contributed by atoms with Crippen LogP contribution in [0, 0.1) is 6.92 Å². The number of hydrogen-bond acceptors (Lipinski definition) is 3. The Balaban J connectivity index is 2.36. The van der Waals surface area contributed by atoms with Crippen molar-refractivity contribution in [2.45, 2.75) is 45.9 Å². The summed E-state index contributed by atoms with van der Waals surface area (Å²) in [6, 6.07) is 17.1. The number of hydrogen-bond donors (Lipinski definition) is 1. The Hall–Kier alpha value is -2.87. The van der Waals surface area contributed by atoms with Crippen LogP contribution in [0.5, 0.6) is 0 Å². The number of aliphatic carboxylic acids is 1. The van der Waals surface area contributed by atoms with E-state index in [1.54, 1.807) is 32.9 Å². The minimum Gasteiger partial charge on any atom is -0.479 e. The number of nitrogens with zero attached hydrogens (tertiary/aromatic N) is 2. The van der Waals surface area contributed by atoms with Crippen LogP contribution in [0.1, 0.15) is 43.2 Å². The monoisotopic (exact) mass is 572 g/mol. The summed E-state index contributed by atoms with van der Waals surface area (Å²) in [7, 11) is 1.53. The predicted molar refractivity (Wildman–Crippen MR) is 146 cm³/mol. The maximum atomic E-state index is 12.5. The first kappa shape index (κ1) is 27.7. The fourth-order valence-electron chi connectivity index (χ4n) is 4.02. The number of ether oxygens (including phenoxy) is 1. The highest BCUT2D eigenvalue weighted by Crippen LogP contribution is 2.39. The second-order valence-corrected chi connectivity index (χ2v) is 10.8. The summed E-state index contributed by atoms with van der Waals surface area (Å²) >= 11 is 9.88. The van der Waals surface area contributed by atoms with Gasteiger partial charge in [0.1, 0.15) is 0 Å². The van der Waals surface area contributed by atoms with E-state index in [4.69, 9.17) is 16.3 Å². The molecule has 1 aromatic heterocycles. The van der Waals surface area contributed by atoms with Crippen molar-refractivity contribution >= 4 is 45.5 Å². The quantitative estimate of drug-likeness (QED) is 0.302. The lowest BCUT2D eigenvalue weighted by molar-refractivity contribution is -0.157. The number of halogens is 2. The molecule has 0 aliphatic carbocycles. The molecule has 0 spiro atoms. The second-order valence-electron chi connectivity index (χ2n) is 9.48. The SMILES string of the molecule is Cc1c(/C(=C(/C(OC(C)(C)C)C(=O)O)N(C)C=O)c2ccc(Cl)cc2)c(Br)cn1Cc1ccccc1. The molecule has 1 unspecified atom stereocenters. The molecule has 8 heteroatoms. The Morgan fingerprint density at radius 1 is 1.17 bits per heavy atom. The molecule has 6 nitrogen and oxygen atoms in total. The fourth-order valence-corrected chi connectivity index (χ4v) is 4.88. The van der Waals surface area contributed by atoms with Gasteiger partial charge in [-0.1, -0.05) is 54.1 Å². The lowest BCUT2D eigenvalue weighted by atomic mass is 9.93. The van der Waals surface area contributed by atoms with Crippen molar-refractivity contribution in [3.8, 4) is 0 Å². The van der Waals surface area contributed by atoms with E-state index in [2.05, 4.69) is 20.5 Å². The molecule has 190 valence electrons. The van der Waals surface area contributed by atoms with Gasteiger partial charge in [0.2, 0.25) is 6.41 Å². The van der Waals surface area contributed by atoms with Gasteiger partial charge in [-0.2, -0.15) is 0 Å². The molecule has 0 bridgehead atoms. The summed E-state index contributed by atoms with van der Waals surface area (Å²) < 4.78 is 8.86. The number of carboxylic acid groups (broad SMARTS) is 1. The number of benzene rings is 2. The highest BCUT2D eigenvalue weighted by atomic mass is 79.9. The molecule has 1 atom stereocenters. The molecule has 36 heavy (non-hydrogen) atoms. The Labute approximate surface area is 225 Å². The summed E-state index contributed by atoms with van der Waals surface area (Å²) in [6.45, 7) is 7.93. The van der Waals surface area contributed by atoms with Gasteiger partial charge in [-0.3, -0.25) is 4.79 Å². The Morgan fingerprint density at radius 3 is 2.31 bits per heavy atom. The molecule has 0 fully saturated rings. The minimum absolute atomic E-state index is 0.219. The molecule has 2 aromatic carbocycles. The number of aromatic nitrogens is 1. The van der Waals surface area contributed by atoms with Gasteiger partial charge in [0, 0.05) is 46.1 Å². The standard InChI is InChI=1S/C28H30BrClN2O4/c1-18-23(22(29)16-32(18)15-19-9-7-6-8-10-19)24(20-11-13-21(30)14-12-20)25(31(5)17-33)26(27(34)35)36-28(2,3)4/h6-14,16-17,26H,15H2,1-5H3,(H,34,35)/b25-24-. The van der Waals surface area contributed by atoms with Gasteiger partial charge >= 0.3 is 5.97 Å². The number of amides is 1. The van der Waals surface area contributed by atoms with Gasteiger partial charge in [0.15, 0.2) is 6.10 Å². The topological polar surface area (TPSA) is 71.8 Å². The zero-order valence-corrected chi connectivity index (χ0v) is 23.3. The Morgan fingerprint density at radius 2 is 1.78 bits per heavy atom. The first-order valence-electron chi connectivity index (χ1n) is 11.4. The van der Waals surface area contributed by atoms with Crippen molar-refractivity contribution in [1.82, 2.24) is 9.47 Å². The molecule has 0 radical (unpaired) electrons. The molecule has 1 amide bonds. The zero-order valence-electron chi connectivity index (χ0n) is 21.0. The van der Waals surface area contributed by atoms with Crippen molar-refractivity contribution < 1.29 is 19.4 Å². The highest BCUT2D eigenvalue weighted by Gasteiger charge is 2.35. The second kappa shape index (κ2) is 11.5. The van der Waals surface area contributed by atoms with Crippen molar-refractivity contribution in [3.05, 3.63) is 98.4 Å². The molecule has 0 aliphatic heterocycles. The van der Waals surface area contributed by atoms with Crippen LogP contribution in [0.2, 0.25) is 5.02 Å². The Kier molecular flexibility index (Phi) is 8.82. The number of carbonyl (C=O) groups excluding carboxylic acids is 1. The third-order valence-electron chi connectivity index (χ3n) is 5.62. The van der Waals surface area contributed by atoms with E-state index < -0.39 is 17.7 Å². The highest BCUT2D eigenvalue weighted by molar-refractivity contribution is 9.10. The van der Waals surface area contributed by atoms with Gasteiger partial charge in [-0.05, 0) is 66.9 Å². The maximum Gasteiger partial charge on any atom is 0.339 e. The van der Waals surface area contributed by atoms with Crippen LogP contribution >= 0.6 is 27.5 Å². The molecular weight excluding hydrogens is 544 g/mol. The molecular formula is C28H30BrClN2O4. The van der Waals surface area contributed by atoms with E-state index >= 15 is 0 Å². The fraction of sp³-hybridized carbons (Fsp3) is 0.286. The molecule has 3 aromatic rings. The van der Waals surface area contributed by atoms with Crippen molar-refractivity contribution in [2.24, 2.45) is 0 Å². The summed E-state index contributed by atoms with van der Waals surface area (Å²) in [6.07, 6.45) is 1.15. The number of carbonyl (C=O) groups is 2. The number of likely N-dealkylation sites (N-methyl/N-ethyl adjacent to an activating group) is 1. The van der Waals surface area contributed by atoms with E-state index in [9.17, 15) is 14.7 Å². The van der Waals surface area contributed by atoms with E-state index in [1.807, 2.05) is 55.6 Å². The van der Waals surface area contributed by atoms with E-state index in [1.165, 1.54) is 11.9 Å². The normalized spacial score (nSPS) is 13.2. The van der Waals surface area contributed by atoms with Crippen LogP contribution in [0.4, 0.5) is 0 Å². The van der Waals surface area contributed by atoms with Gasteiger partial charge in [0.05, 0.1) is 11.3 Å². The van der Waals surface area contributed by atoms with Crippen LogP contribution in [0.3, 0.4) is 0 Å². The van der Waals surface area contributed by atoms with Crippen molar-refractivity contribution in [1.29, 1.82) is 0 Å². The number of carboxylic acids is 1. The maximum absolute atomic E-state index is 12.5. The van der Waals surface area contributed by atoms with E-state index in [-0.39, 0.29) is 5.70 Å². The first-order chi connectivity index (χ1) is 16.9. The van der Waals surface area contributed by atoms with Gasteiger partial charge in [-0.15, -0.1) is 0 Å². The summed E-state index contributed by atoms with van der Waals surface area (Å²) in [5.41, 5.74) is 3.48. The van der Waals surface area contributed by atoms with Crippen molar-refractivity contribution in [2.75, 3.05) is 7.05 Å². The third-order valence-corrected chi connectivity index (χ3v) is 6.47. The van der Waals surface area contributed by atoms with Crippen LogP contribution < -0.4 is 0 Å². The lowest BCUT2D eigenvalue weighted by Gasteiger charge is -2.31. The smallest absolute Gasteiger partial charge is 0.339 e. The molecule has 3 rings (SSSR count). The zero-order chi connectivity index (χ0) is 26.6. The van der Waals surface area contributed by atoms with Crippen LogP contribution in [0.25, 0.3) is 5.57 Å². The summed E-state index contributed by atoms with van der Waals surface area (Å²) in [5, 5.41) is 10.8. The van der Waals surface area contributed by atoms with Crippen LogP contribution in [0.15, 0.2) is 71.0 Å².